The van der Waals surface area contributed by atoms with Crippen molar-refractivity contribution in [2.75, 3.05) is 20.2 Å². The first kappa shape index (κ1) is 17.9. The molecule has 0 unspecified atom stereocenters. The van der Waals surface area contributed by atoms with Gasteiger partial charge in [-0.1, -0.05) is 5.16 Å². The average molecular weight is 318 g/mol. The molecule has 21 heavy (non-hydrogen) atoms. The molecule has 0 bridgehead atoms. The third-order valence-electron chi connectivity index (χ3n) is 3.66. The first-order chi connectivity index (χ1) is 9.31. The molecule has 1 aliphatic rings. The van der Waals surface area contributed by atoms with E-state index < -0.39 is 5.54 Å². The highest BCUT2D eigenvalue weighted by Gasteiger charge is 2.39. The number of nitrogens with two attached hydrogens (primary N) is 1. The summed E-state index contributed by atoms with van der Waals surface area (Å²) in [5.74, 6) is 0.991. The number of methoxy groups -OCH3 is 1. The summed E-state index contributed by atoms with van der Waals surface area (Å²) in [6.45, 7) is 6.56. The van der Waals surface area contributed by atoms with Gasteiger partial charge in [-0.05, 0) is 20.8 Å². The Kier molecular flexibility index (Phi) is 5.78. The van der Waals surface area contributed by atoms with Gasteiger partial charge >= 0.3 is 0 Å². The molecule has 1 aromatic rings. The zero-order chi connectivity index (χ0) is 14.9. The second-order valence-corrected chi connectivity index (χ2v) is 6.10. The molecule has 0 spiro atoms. The van der Waals surface area contributed by atoms with E-state index in [1.807, 2.05) is 13.0 Å². The molecule has 2 rings (SSSR count). The Bertz CT molecular complexity index is 484. The van der Waals surface area contributed by atoms with Crippen molar-refractivity contribution in [3.8, 4) is 0 Å². The van der Waals surface area contributed by atoms with Crippen LogP contribution >= 0.6 is 12.4 Å². The number of carbonyl (C=O) groups is 1. The highest BCUT2D eigenvalue weighted by molar-refractivity contribution is 5.85. The summed E-state index contributed by atoms with van der Waals surface area (Å²) in [4.78, 5) is 14.0. The van der Waals surface area contributed by atoms with Crippen LogP contribution in [0.5, 0.6) is 0 Å². The number of hydrogen-bond acceptors (Lipinski definition) is 5. The summed E-state index contributed by atoms with van der Waals surface area (Å²) in [5, 5.41) is 3.89. The molecular formula is C14H24ClN3O3. The van der Waals surface area contributed by atoms with Gasteiger partial charge in [0, 0.05) is 38.6 Å². The van der Waals surface area contributed by atoms with Crippen LogP contribution in [0.25, 0.3) is 0 Å². The molecule has 0 radical (unpaired) electrons. The second-order valence-electron chi connectivity index (χ2n) is 6.10. The summed E-state index contributed by atoms with van der Waals surface area (Å²) in [7, 11) is 1.67. The van der Waals surface area contributed by atoms with Gasteiger partial charge in [0.1, 0.15) is 5.76 Å². The molecule has 7 heteroatoms. The molecule has 0 aromatic carbocycles. The van der Waals surface area contributed by atoms with Crippen LogP contribution in [0.15, 0.2) is 10.6 Å². The Morgan fingerprint density at radius 1 is 1.57 bits per heavy atom. The fourth-order valence-corrected chi connectivity index (χ4v) is 2.65. The topological polar surface area (TPSA) is 81.6 Å². The zero-order valence-electron chi connectivity index (χ0n) is 13.0. The molecular weight excluding hydrogens is 294 g/mol. The monoisotopic (exact) mass is 317 g/mol. The standard InChI is InChI=1S/C14H23N3O3.ClH/c1-9-5-11(20-16-9)6-10-7-17(8-12(10)19-4)13(18)14(2,3)15;/h5,10,12H,6-8,15H2,1-4H3;1H/t10-,12+;/m1./s1. The minimum Gasteiger partial charge on any atom is -0.379 e. The van der Waals surface area contributed by atoms with E-state index in [1.165, 1.54) is 0 Å². The fraction of sp³-hybridized carbons (Fsp3) is 0.714. The molecule has 1 fully saturated rings. The molecule has 2 atom stereocenters. The van der Waals surface area contributed by atoms with Crippen LogP contribution in [0.4, 0.5) is 0 Å². The maximum absolute atomic E-state index is 12.2. The van der Waals surface area contributed by atoms with E-state index in [4.69, 9.17) is 15.0 Å². The first-order valence-corrected chi connectivity index (χ1v) is 6.84. The Labute approximate surface area is 131 Å². The third kappa shape index (κ3) is 4.18. The number of hydrogen-bond donors (Lipinski definition) is 1. The first-order valence-electron chi connectivity index (χ1n) is 6.84. The van der Waals surface area contributed by atoms with E-state index in [0.717, 1.165) is 11.5 Å². The van der Waals surface area contributed by atoms with Crippen molar-refractivity contribution in [2.24, 2.45) is 11.7 Å². The number of aryl methyl sites for hydroxylation is 1. The summed E-state index contributed by atoms with van der Waals surface area (Å²) < 4.78 is 10.7. The lowest BCUT2D eigenvalue weighted by Crippen LogP contribution is -2.50. The predicted octanol–water partition coefficient (Wildman–Crippen LogP) is 1.16. The Morgan fingerprint density at radius 3 is 2.71 bits per heavy atom. The van der Waals surface area contributed by atoms with E-state index in [9.17, 15) is 4.79 Å². The van der Waals surface area contributed by atoms with Gasteiger partial charge in [-0.15, -0.1) is 12.4 Å². The normalized spacial score (nSPS) is 22.2. The van der Waals surface area contributed by atoms with Crippen molar-refractivity contribution in [2.45, 2.75) is 38.8 Å². The number of amides is 1. The highest BCUT2D eigenvalue weighted by Crippen LogP contribution is 2.25. The molecule has 0 saturated carbocycles. The smallest absolute Gasteiger partial charge is 0.242 e. The van der Waals surface area contributed by atoms with Crippen LogP contribution < -0.4 is 5.73 Å². The van der Waals surface area contributed by atoms with Crippen LogP contribution in [-0.4, -0.2) is 47.8 Å². The van der Waals surface area contributed by atoms with Gasteiger partial charge < -0.3 is 19.9 Å². The molecule has 6 nitrogen and oxygen atoms in total. The number of rotatable bonds is 4. The number of likely N-dealkylation sites (tertiary alicyclic amines) is 1. The zero-order valence-corrected chi connectivity index (χ0v) is 13.8. The third-order valence-corrected chi connectivity index (χ3v) is 3.66. The lowest BCUT2D eigenvalue weighted by Gasteiger charge is -2.25. The largest absolute Gasteiger partial charge is 0.379 e. The molecule has 1 aliphatic heterocycles. The van der Waals surface area contributed by atoms with Crippen LogP contribution in [0.1, 0.15) is 25.3 Å². The van der Waals surface area contributed by atoms with E-state index >= 15 is 0 Å². The minimum atomic E-state index is -0.851. The average Bonchev–Trinajstić information content (AvgIpc) is 2.94. The van der Waals surface area contributed by atoms with Gasteiger partial charge in [-0.25, -0.2) is 0 Å². The van der Waals surface area contributed by atoms with E-state index in [-0.39, 0.29) is 30.3 Å². The predicted molar refractivity (Wildman–Crippen MR) is 81.3 cm³/mol. The molecule has 0 aliphatic carbocycles. The Balaban J connectivity index is 0.00000220. The quantitative estimate of drug-likeness (QED) is 0.901. The maximum Gasteiger partial charge on any atom is 0.242 e. The Hall–Kier alpha value is -1.11. The number of ether oxygens (including phenoxy) is 1. The van der Waals surface area contributed by atoms with Crippen molar-refractivity contribution < 1.29 is 14.1 Å². The maximum atomic E-state index is 12.2. The van der Waals surface area contributed by atoms with Crippen molar-refractivity contribution >= 4 is 18.3 Å². The number of halogens is 1. The highest BCUT2D eigenvalue weighted by atomic mass is 35.5. The molecule has 1 aromatic heterocycles. The summed E-state index contributed by atoms with van der Waals surface area (Å²) in [6, 6.07) is 1.92. The van der Waals surface area contributed by atoms with Gasteiger partial charge in [0.2, 0.25) is 5.91 Å². The van der Waals surface area contributed by atoms with Gasteiger partial charge in [0.15, 0.2) is 0 Å². The molecule has 1 saturated heterocycles. The van der Waals surface area contributed by atoms with Crippen LogP contribution in [-0.2, 0) is 16.0 Å². The summed E-state index contributed by atoms with van der Waals surface area (Å²) in [6.07, 6.45) is 0.723. The summed E-state index contributed by atoms with van der Waals surface area (Å²) in [5.41, 5.74) is 5.90. The van der Waals surface area contributed by atoms with Gasteiger partial charge in [-0.3, -0.25) is 4.79 Å². The molecule has 2 N–H and O–H groups in total. The lowest BCUT2D eigenvalue weighted by molar-refractivity contribution is -0.135. The van der Waals surface area contributed by atoms with Crippen molar-refractivity contribution in [1.29, 1.82) is 0 Å². The summed E-state index contributed by atoms with van der Waals surface area (Å²) >= 11 is 0. The number of carbonyl (C=O) groups excluding carboxylic acids is 1. The minimum absolute atomic E-state index is 0. The lowest BCUT2D eigenvalue weighted by atomic mass is 10.0. The van der Waals surface area contributed by atoms with Crippen LogP contribution in [0.2, 0.25) is 0 Å². The Morgan fingerprint density at radius 2 is 2.24 bits per heavy atom. The molecule has 1 amide bonds. The van der Waals surface area contributed by atoms with E-state index in [0.29, 0.717) is 19.5 Å². The SMILES string of the molecule is CO[C@H]1CN(C(=O)C(C)(C)N)C[C@H]1Cc1cc(C)no1.Cl. The number of aromatic nitrogens is 1. The van der Waals surface area contributed by atoms with Gasteiger partial charge in [0.25, 0.3) is 0 Å². The second kappa shape index (κ2) is 6.77. The van der Waals surface area contributed by atoms with Crippen LogP contribution in [0.3, 0.4) is 0 Å². The number of nitrogens with zero attached hydrogens (tertiary/aromatic N) is 2. The van der Waals surface area contributed by atoms with Crippen molar-refractivity contribution in [1.82, 2.24) is 10.1 Å². The molecule has 2 heterocycles. The fourth-order valence-electron chi connectivity index (χ4n) is 2.65. The van der Waals surface area contributed by atoms with Gasteiger partial charge in [0.05, 0.1) is 17.3 Å². The van der Waals surface area contributed by atoms with Crippen LogP contribution in [0, 0.1) is 12.8 Å². The van der Waals surface area contributed by atoms with E-state index in [1.54, 1.807) is 25.9 Å². The molecule has 120 valence electrons. The van der Waals surface area contributed by atoms with E-state index in [2.05, 4.69) is 5.16 Å². The van der Waals surface area contributed by atoms with Gasteiger partial charge in [-0.2, -0.15) is 0 Å². The van der Waals surface area contributed by atoms with Crippen molar-refractivity contribution in [3.63, 3.8) is 0 Å². The van der Waals surface area contributed by atoms with Crippen molar-refractivity contribution in [3.05, 3.63) is 17.5 Å².